The number of hydrogen-bond acceptors (Lipinski definition) is 6. The molecule has 0 spiro atoms. The fourth-order valence-corrected chi connectivity index (χ4v) is 11.5. The van der Waals surface area contributed by atoms with E-state index in [1.54, 1.807) is 7.11 Å². The van der Waals surface area contributed by atoms with Gasteiger partial charge in [-0.05, 0) is 116 Å². The van der Waals surface area contributed by atoms with Gasteiger partial charge in [0.25, 0.3) is 0 Å². The number of esters is 1. The van der Waals surface area contributed by atoms with E-state index in [0.717, 1.165) is 41.4 Å². The predicted molar refractivity (Wildman–Crippen MR) is 234 cm³/mol. The summed E-state index contributed by atoms with van der Waals surface area (Å²) < 4.78 is 34.4. The highest BCUT2D eigenvalue weighted by molar-refractivity contribution is 14.1. The van der Waals surface area contributed by atoms with E-state index in [2.05, 4.69) is 134 Å². The monoisotopic (exact) mass is 870 g/mol. The summed E-state index contributed by atoms with van der Waals surface area (Å²) in [5.74, 6) is 1.20. The summed E-state index contributed by atoms with van der Waals surface area (Å²) >= 11 is 2.39. The van der Waals surface area contributed by atoms with Crippen molar-refractivity contribution < 1.29 is 27.9 Å². The number of rotatable bonds is 23. The first-order valence-corrected chi connectivity index (χ1v) is 26.3. The summed E-state index contributed by atoms with van der Waals surface area (Å²) in [5, 5.41) is 0.0586. The molecule has 0 aliphatic rings. The molecule has 0 bridgehead atoms. The molecule has 6 nitrogen and oxygen atoms in total. The second-order valence-corrected chi connectivity index (χ2v) is 26.6. The number of halogens is 1. The van der Waals surface area contributed by atoms with Crippen LogP contribution in [0.4, 0.5) is 0 Å². The highest BCUT2D eigenvalue weighted by atomic mass is 127. The number of ether oxygens (including phenoxy) is 3. The number of methoxy groups -OCH3 is 1. The van der Waals surface area contributed by atoms with Crippen molar-refractivity contribution in [2.75, 3.05) is 20.3 Å². The molecule has 0 saturated carbocycles. The molecule has 0 aliphatic carbocycles. The first kappa shape index (κ1) is 48.8. The Morgan fingerprint density at radius 2 is 1.48 bits per heavy atom. The van der Waals surface area contributed by atoms with E-state index in [1.807, 2.05) is 32.1 Å². The van der Waals surface area contributed by atoms with Crippen molar-refractivity contribution >= 4 is 45.2 Å². The van der Waals surface area contributed by atoms with E-state index < -0.39 is 16.6 Å². The smallest absolute Gasteiger partial charge is 0.333 e. The maximum Gasteiger partial charge on any atom is 0.333 e. The van der Waals surface area contributed by atoms with Gasteiger partial charge in [0.1, 0.15) is 5.75 Å². The van der Waals surface area contributed by atoms with Gasteiger partial charge >= 0.3 is 5.97 Å². The Hall–Kier alpha value is -1.25. The second kappa shape index (κ2) is 23.0. The molecule has 0 saturated heterocycles. The van der Waals surface area contributed by atoms with Gasteiger partial charge in [-0.2, -0.15) is 0 Å². The van der Waals surface area contributed by atoms with Gasteiger partial charge in [0.05, 0.1) is 39.1 Å². The van der Waals surface area contributed by atoms with Crippen molar-refractivity contribution in [3.05, 3.63) is 62.8 Å². The third-order valence-electron chi connectivity index (χ3n) is 11.4. The number of carbonyl (C=O) groups is 1. The molecule has 1 aromatic carbocycles. The molecule has 298 valence electrons. The summed E-state index contributed by atoms with van der Waals surface area (Å²) in [6.45, 7) is 35.2. The van der Waals surface area contributed by atoms with E-state index >= 15 is 0 Å². The van der Waals surface area contributed by atoms with E-state index in [4.69, 9.17) is 23.1 Å². The van der Waals surface area contributed by atoms with Crippen molar-refractivity contribution in [1.29, 1.82) is 0 Å². The SMILES string of the molecule is CCOC(=O)/C(C)=C/C(C)=C/[C@H](C)[C@@H](O[Si](CC)(CC)CC)[C@@H](C/C(C)=C/I)[C@H](C)[C@H](O[Si](C)(C)C(C)(C)C)[C@H](C)COCc1ccc(OC)cc1. The molecule has 0 N–H and O–H groups in total. The standard InChI is InChI=1S/C43H75IO6Si2/c1-17-48-42(45)34(8)26-31(5)25-33(7)41(50-52(18-2,19-3)20-4)39(27-32(6)28-44)36(10)40(49-51(15,16)43(11,12)13)35(9)29-47-30-37-21-23-38(46-14)24-22-37/h21-26,28,33,35-36,39-41H,17-20,27,29-30H2,1-16H3/b31-25+,32-28+,34-26+/t33-,35+,36-,39-,40+,41+/m0/s1. The molecule has 1 rings (SSSR count). The van der Waals surface area contributed by atoms with Crippen molar-refractivity contribution in [3.63, 3.8) is 0 Å². The van der Waals surface area contributed by atoms with Crippen LogP contribution in [-0.2, 0) is 29.7 Å². The molecular weight excluding hydrogens is 796 g/mol. The lowest BCUT2D eigenvalue weighted by atomic mass is 9.74. The van der Waals surface area contributed by atoms with Crippen molar-refractivity contribution in [2.24, 2.45) is 23.7 Å². The summed E-state index contributed by atoms with van der Waals surface area (Å²) in [5.41, 5.74) is 4.13. The lowest BCUT2D eigenvalue weighted by Crippen LogP contribution is -2.52. The molecule has 6 atom stereocenters. The zero-order chi connectivity index (χ0) is 39.9. The molecule has 0 heterocycles. The zero-order valence-corrected chi connectivity index (χ0v) is 39.9. The average molecular weight is 871 g/mol. The van der Waals surface area contributed by atoms with Gasteiger partial charge in [-0.15, -0.1) is 0 Å². The number of benzene rings is 1. The molecular formula is C43H75IO6Si2. The van der Waals surface area contributed by atoms with Gasteiger partial charge in [0.15, 0.2) is 16.6 Å². The Labute approximate surface area is 335 Å². The van der Waals surface area contributed by atoms with Crippen LogP contribution in [0, 0.1) is 23.7 Å². The molecule has 0 radical (unpaired) electrons. The van der Waals surface area contributed by atoms with Crippen LogP contribution in [0.3, 0.4) is 0 Å². The minimum atomic E-state index is -2.17. The van der Waals surface area contributed by atoms with Gasteiger partial charge in [-0.3, -0.25) is 0 Å². The maximum absolute atomic E-state index is 12.5. The summed E-state index contributed by atoms with van der Waals surface area (Å²) in [4.78, 5) is 12.5. The van der Waals surface area contributed by atoms with Crippen LogP contribution in [-0.4, -0.2) is 55.1 Å². The van der Waals surface area contributed by atoms with E-state index in [0.29, 0.717) is 25.4 Å². The lowest BCUT2D eigenvalue weighted by Gasteiger charge is -2.47. The molecule has 1 aromatic rings. The van der Waals surface area contributed by atoms with Crippen molar-refractivity contribution in [3.8, 4) is 5.75 Å². The molecule has 0 fully saturated rings. The Morgan fingerprint density at radius 3 is 1.96 bits per heavy atom. The maximum atomic E-state index is 12.5. The Bertz CT molecular complexity index is 1290. The molecule has 9 heteroatoms. The minimum absolute atomic E-state index is 0.0287. The highest BCUT2D eigenvalue weighted by Gasteiger charge is 2.46. The molecule has 0 aromatic heterocycles. The second-order valence-electron chi connectivity index (χ2n) is 16.5. The lowest BCUT2D eigenvalue weighted by molar-refractivity contribution is -0.138. The molecule has 0 aliphatic heterocycles. The van der Waals surface area contributed by atoms with Crippen molar-refractivity contribution in [1.82, 2.24) is 0 Å². The molecule has 0 unspecified atom stereocenters. The summed E-state index contributed by atoms with van der Waals surface area (Å²) in [6.07, 6.45) is 5.12. The third-order valence-corrected chi connectivity index (χ3v) is 21.5. The van der Waals surface area contributed by atoms with E-state index in [-0.39, 0.29) is 46.9 Å². The van der Waals surface area contributed by atoms with Gasteiger partial charge in [-0.25, -0.2) is 4.79 Å². The van der Waals surface area contributed by atoms with Crippen LogP contribution in [0.1, 0.15) is 102 Å². The van der Waals surface area contributed by atoms with Gasteiger partial charge in [0, 0.05) is 11.5 Å². The van der Waals surface area contributed by atoms with Crippen LogP contribution in [0.2, 0.25) is 36.3 Å². The van der Waals surface area contributed by atoms with Crippen LogP contribution in [0.5, 0.6) is 5.75 Å². The molecule has 0 amide bonds. The average Bonchev–Trinajstić information content (AvgIpc) is 3.09. The molecule has 52 heavy (non-hydrogen) atoms. The Balaban J connectivity index is 3.80. The summed E-state index contributed by atoms with van der Waals surface area (Å²) in [7, 11) is -2.52. The first-order chi connectivity index (χ1) is 24.2. The largest absolute Gasteiger partial charge is 0.497 e. The van der Waals surface area contributed by atoms with E-state index in [9.17, 15) is 4.79 Å². The van der Waals surface area contributed by atoms with Crippen LogP contribution >= 0.6 is 22.6 Å². The number of carbonyl (C=O) groups excluding carboxylic acids is 1. The van der Waals surface area contributed by atoms with E-state index in [1.165, 1.54) is 5.57 Å². The zero-order valence-electron chi connectivity index (χ0n) is 35.8. The number of allylic oxidation sites excluding steroid dienone is 3. The Morgan fingerprint density at radius 1 is 0.904 bits per heavy atom. The van der Waals surface area contributed by atoms with Gasteiger partial charge in [-0.1, -0.05) is 114 Å². The highest BCUT2D eigenvalue weighted by Crippen LogP contribution is 2.43. The predicted octanol–water partition coefficient (Wildman–Crippen LogP) is 12.7. The topological polar surface area (TPSA) is 63.2 Å². The normalized spacial score (nSPS) is 17.3. The first-order valence-electron chi connectivity index (χ1n) is 19.6. The summed E-state index contributed by atoms with van der Waals surface area (Å²) in [6, 6.07) is 11.3. The van der Waals surface area contributed by atoms with Crippen LogP contribution in [0.15, 0.2) is 57.2 Å². The quantitative estimate of drug-likeness (QED) is 0.0359. The van der Waals surface area contributed by atoms with Crippen molar-refractivity contribution in [2.45, 2.75) is 152 Å². The van der Waals surface area contributed by atoms with Gasteiger partial charge in [0.2, 0.25) is 0 Å². The fourth-order valence-electron chi connectivity index (χ4n) is 6.78. The van der Waals surface area contributed by atoms with Crippen LogP contribution < -0.4 is 4.74 Å². The number of hydrogen-bond donors (Lipinski definition) is 0. The minimum Gasteiger partial charge on any atom is -0.497 e. The van der Waals surface area contributed by atoms with Crippen LogP contribution in [0.25, 0.3) is 0 Å². The fraction of sp³-hybridized carbons (Fsp3) is 0.698. The van der Waals surface area contributed by atoms with Gasteiger partial charge < -0.3 is 23.1 Å². The third kappa shape index (κ3) is 15.1. The Kier molecular flexibility index (Phi) is 21.5.